The van der Waals surface area contributed by atoms with Gasteiger partial charge in [0.15, 0.2) is 11.6 Å². The van der Waals surface area contributed by atoms with E-state index < -0.39 is 65.4 Å². The molecular weight excluding hydrogens is 440 g/mol. The second-order valence-electron chi connectivity index (χ2n) is 9.41. The molecule has 0 aromatic carbocycles. The normalized spacial score (nSPS) is 46.5. The maximum atomic E-state index is 12.3. The lowest BCUT2D eigenvalue weighted by molar-refractivity contribution is -0.351. The maximum absolute atomic E-state index is 12.3. The van der Waals surface area contributed by atoms with Gasteiger partial charge in [0.2, 0.25) is 5.79 Å². The lowest BCUT2D eigenvalue weighted by atomic mass is 9.95. The SMILES string of the molecule is C=C(C)C(=O)OC[C@]12O[C@@H]3COC(C)(C4CCOC4=O)O[C@H]3[C@@H]1OC(C)(C1CCOC1=O)O2. The molecule has 5 heterocycles. The summed E-state index contributed by atoms with van der Waals surface area (Å²) in [5, 5.41) is 0. The minimum atomic E-state index is -1.54. The second kappa shape index (κ2) is 7.74. The highest BCUT2D eigenvalue weighted by molar-refractivity contribution is 5.87. The molecule has 0 aromatic rings. The topological polar surface area (TPSA) is 125 Å². The molecule has 8 atom stereocenters. The van der Waals surface area contributed by atoms with E-state index in [-0.39, 0.29) is 25.4 Å². The van der Waals surface area contributed by atoms with Crippen molar-refractivity contribution >= 4 is 17.9 Å². The van der Waals surface area contributed by atoms with Gasteiger partial charge in [-0.1, -0.05) is 6.58 Å². The number of cyclic esters (lactones) is 2. The molecule has 11 heteroatoms. The molecule has 5 aliphatic rings. The van der Waals surface area contributed by atoms with Crippen molar-refractivity contribution in [1.82, 2.24) is 0 Å². The molecule has 5 rings (SSSR count). The Labute approximate surface area is 190 Å². The van der Waals surface area contributed by atoms with Gasteiger partial charge in [-0.3, -0.25) is 9.59 Å². The van der Waals surface area contributed by atoms with E-state index in [0.717, 1.165) is 0 Å². The lowest BCUT2D eigenvalue weighted by Crippen LogP contribution is -2.56. The Morgan fingerprint density at radius 3 is 2.24 bits per heavy atom. The highest BCUT2D eigenvalue weighted by Crippen LogP contribution is 2.53. The number of fused-ring (bicyclic) bond motifs is 3. The number of ether oxygens (including phenoxy) is 8. The van der Waals surface area contributed by atoms with Gasteiger partial charge in [0.1, 0.15) is 36.8 Å². The van der Waals surface area contributed by atoms with Gasteiger partial charge >= 0.3 is 17.9 Å². The molecule has 33 heavy (non-hydrogen) atoms. The van der Waals surface area contributed by atoms with Crippen molar-refractivity contribution in [2.24, 2.45) is 11.8 Å². The summed E-state index contributed by atoms with van der Waals surface area (Å²) in [6, 6.07) is 0. The van der Waals surface area contributed by atoms with Crippen LogP contribution < -0.4 is 0 Å². The summed E-state index contributed by atoms with van der Waals surface area (Å²) < 4.78 is 46.6. The first kappa shape index (κ1) is 22.7. The van der Waals surface area contributed by atoms with Crippen molar-refractivity contribution in [2.75, 3.05) is 26.4 Å². The molecule has 0 aliphatic carbocycles. The van der Waals surface area contributed by atoms with Gasteiger partial charge in [-0.15, -0.1) is 0 Å². The van der Waals surface area contributed by atoms with Crippen LogP contribution in [0.3, 0.4) is 0 Å². The number of hydrogen-bond acceptors (Lipinski definition) is 11. The molecule has 11 nitrogen and oxygen atoms in total. The van der Waals surface area contributed by atoms with Crippen LogP contribution in [0.4, 0.5) is 0 Å². The van der Waals surface area contributed by atoms with E-state index >= 15 is 0 Å². The molecular formula is C22H28O11. The van der Waals surface area contributed by atoms with Crippen molar-refractivity contribution in [3.05, 3.63) is 12.2 Å². The third-order valence-electron chi connectivity index (χ3n) is 6.98. The average Bonchev–Trinajstić information content (AvgIpc) is 3.50. The summed E-state index contributed by atoms with van der Waals surface area (Å²) in [5.41, 5.74) is 0.214. The smallest absolute Gasteiger partial charge is 0.333 e. The summed E-state index contributed by atoms with van der Waals surface area (Å²) >= 11 is 0. The zero-order valence-electron chi connectivity index (χ0n) is 18.8. The van der Waals surface area contributed by atoms with Crippen LogP contribution >= 0.6 is 0 Å². The van der Waals surface area contributed by atoms with Crippen LogP contribution in [0.5, 0.6) is 0 Å². The quantitative estimate of drug-likeness (QED) is 0.320. The fourth-order valence-corrected chi connectivity index (χ4v) is 5.23. The highest BCUT2D eigenvalue weighted by Gasteiger charge is 2.72. The summed E-state index contributed by atoms with van der Waals surface area (Å²) in [4.78, 5) is 36.7. The average molecular weight is 468 g/mol. The van der Waals surface area contributed by atoms with E-state index in [1.165, 1.54) is 6.92 Å². The third kappa shape index (κ3) is 3.57. The van der Waals surface area contributed by atoms with Gasteiger partial charge < -0.3 is 37.9 Å². The first-order valence-electron chi connectivity index (χ1n) is 11.1. The Hall–Kier alpha value is -2.05. The molecule has 0 radical (unpaired) electrons. The van der Waals surface area contributed by atoms with Gasteiger partial charge in [0.25, 0.3) is 0 Å². The van der Waals surface area contributed by atoms with Crippen molar-refractivity contribution in [2.45, 2.75) is 69.3 Å². The zero-order valence-corrected chi connectivity index (χ0v) is 18.8. The fourth-order valence-electron chi connectivity index (χ4n) is 5.23. The van der Waals surface area contributed by atoms with Crippen LogP contribution in [0.25, 0.3) is 0 Å². The van der Waals surface area contributed by atoms with E-state index in [4.69, 9.17) is 37.9 Å². The number of rotatable bonds is 5. The Morgan fingerprint density at radius 2 is 1.67 bits per heavy atom. The van der Waals surface area contributed by atoms with Crippen molar-refractivity contribution in [1.29, 1.82) is 0 Å². The Kier molecular flexibility index (Phi) is 5.33. The molecule has 4 unspecified atom stereocenters. The third-order valence-corrected chi connectivity index (χ3v) is 6.98. The van der Waals surface area contributed by atoms with E-state index in [1.807, 2.05) is 0 Å². The fraction of sp³-hybridized carbons (Fsp3) is 0.773. The van der Waals surface area contributed by atoms with Gasteiger partial charge in [-0.2, -0.15) is 0 Å². The summed E-state index contributed by atoms with van der Waals surface area (Å²) in [7, 11) is 0. The van der Waals surface area contributed by atoms with Gasteiger partial charge in [-0.25, -0.2) is 4.79 Å². The minimum absolute atomic E-state index is 0.104. The first-order valence-corrected chi connectivity index (χ1v) is 11.1. The van der Waals surface area contributed by atoms with Crippen LogP contribution in [-0.2, 0) is 52.3 Å². The van der Waals surface area contributed by atoms with Crippen LogP contribution in [0.1, 0.15) is 33.6 Å². The van der Waals surface area contributed by atoms with Crippen LogP contribution in [0.15, 0.2) is 12.2 Å². The molecule has 0 aromatic heterocycles. The van der Waals surface area contributed by atoms with Crippen molar-refractivity contribution in [3.8, 4) is 0 Å². The van der Waals surface area contributed by atoms with Gasteiger partial charge in [0, 0.05) is 18.4 Å². The van der Waals surface area contributed by atoms with Gasteiger partial charge in [0.05, 0.1) is 19.8 Å². The molecule has 0 amide bonds. The van der Waals surface area contributed by atoms with Crippen LogP contribution in [0.2, 0.25) is 0 Å². The van der Waals surface area contributed by atoms with E-state index in [1.54, 1.807) is 13.8 Å². The largest absolute Gasteiger partial charge is 0.465 e. The van der Waals surface area contributed by atoms with Crippen LogP contribution in [-0.4, -0.2) is 80.0 Å². The molecule has 5 saturated heterocycles. The van der Waals surface area contributed by atoms with Crippen LogP contribution in [0, 0.1) is 11.8 Å². The predicted molar refractivity (Wildman–Crippen MR) is 105 cm³/mol. The lowest BCUT2D eigenvalue weighted by Gasteiger charge is -2.43. The Balaban J connectivity index is 1.43. The number of hydrogen-bond donors (Lipinski definition) is 0. The first-order chi connectivity index (χ1) is 15.6. The summed E-state index contributed by atoms with van der Waals surface area (Å²) in [6.45, 7) is 8.79. The molecule has 5 fully saturated rings. The van der Waals surface area contributed by atoms with E-state index in [2.05, 4.69) is 6.58 Å². The molecule has 0 spiro atoms. The Bertz CT molecular complexity index is 888. The summed E-state index contributed by atoms with van der Waals surface area (Å²) in [5.74, 6) is -6.91. The molecule has 182 valence electrons. The van der Waals surface area contributed by atoms with Gasteiger partial charge in [-0.05, 0) is 20.8 Å². The number of carbonyl (C=O) groups excluding carboxylic acids is 3. The molecule has 5 aliphatic heterocycles. The van der Waals surface area contributed by atoms with E-state index in [9.17, 15) is 14.4 Å². The minimum Gasteiger partial charge on any atom is -0.465 e. The zero-order chi connectivity index (χ0) is 23.6. The van der Waals surface area contributed by atoms with E-state index in [0.29, 0.717) is 19.4 Å². The maximum Gasteiger partial charge on any atom is 0.333 e. The summed E-state index contributed by atoms with van der Waals surface area (Å²) in [6.07, 6.45) is -1.31. The van der Waals surface area contributed by atoms with Crippen molar-refractivity contribution < 1.29 is 52.3 Å². The standard InChI is InChI=1S/C22H28O11/c1-11(2)17(23)28-10-22-16(32-21(4,33-22)13-6-8-27-19(13)25)15-14(30-22)9-29-20(3,31-15)12-5-7-26-18(12)24/h12-16H,1,5-10H2,2-4H3/t12?,13?,14-,15-,16+,20?,21?,22-/m1/s1. The predicted octanol–water partition coefficient (Wildman–Crippen LogP) is 0.590. The number of esters is 3. The number of carbonyl (C=O) groups is 3. The molecule has 0 N–H and O–H groups in total. The molecule has 0 saturated carbocycles. The monoisotopic (exact) mass is 468 g/mol. The highest BCUT2D eigenvalue weighted by atomic mass is 16.9. The second-order valence-corrected chi connectivity index (χ2v) is 9.41. The molecule has 0 bridgehead atoms. The Morgan fingerprint density at radius 1 is 1.03 bits per heavy atom. The van der Waals surface area contributed by atoms with Crippen molar-refractivity contribution in [3.63, 3.8) is 0 Å².